The number of aryl methyl sites for hydroxylation is 1. The highest BCUT2D eigenvalue weighted by Crippen LogP contribution is 2.42. The van der Waals surface area contributed by atoms with Gasteiger partial charge in [-0.3, -0.25) is 0 Å². The van der Waals surface area contributed by atoms with Crippen LogP contribution in [0.4, 0.5) is 0 Å². The first-order valence-electron chi connectivity index (χ1n) is 11.8. The predicted octanol–water partition coefficient (Wildman–Crippen LogP) is 7.80. The molecule has 4 atom stereocenters. The lowest BCUT2D eigenvalue weighted by Gasteiger charge is -2.40. The molecular formula is C28H36S. The lowest BCUT2D eigenvalue weighted by atomic mass is 9.66. The number of thiocarbonyl (C=S) groups is 1. The van der Waals surface area contributed by atoms with Crippen LogP contribution in [-0.2, 0) is 12.8 Å². The van der Waals surface area contributed by atoms with Crippen LogP contribution in [0, 0.1) is 23.7 Å². The second-order valence-electron chi connectivity index (χ2n) is 9.83. The quantitative estimate of drug-likeness (QED) is 0.443. The van der Waals surface area contributed by atoms with Gasteiger partial charge < -0.3 is 0 Å². The Labute approximate surface area is 183 Å². The molecule has 1 heteroatoms. The van der Waals surface area contributed by atoms with E-state index < -0.39 is 0 Å². The van der Waals surface area contributed by atoms with E-state index >= 15 is 0 Å². The Balaban J connectivity index is 1.43. The van der Waals surface area contributed by atoms with Crippen LogP contribution >= 0.6 is 12.2 Å². The minimum atomic E-state index is 0.641. The Morgan fingerprint density at radius 3 is 2.45 bits per heavy atom. The Bertz CT molecular complexity index is 806. The third-order valence-electron chi connectivity index (χ3n) is 7.64. The van der Waals surface area contributed by atoms with Crippen LogP contribution in [0.1, 0.15) is 75.0 Å². The van der Waals surface area contributed by atoms with E-state index in [-0.39, 0.29) is 0 Å². The summed E-state index contributed by atoms with van der Waals surface area (Å²) in [5.74, 6) is 3.62. The largest absolute Gasteiger partial charge is 0.0894 e. The first-order chi connectivity index (χ1) is 14.1. The monoisotopic (exact) mass is 404 g/mol. The summed E-state index contributed by atoms with van der Waals surface area (Å²) in [6, 6.07) is 20.3. The molecule has 0 aliphatic heterocycles. The van der Waals surface area contributed by atoms with Crippen molar-refractivity contribution in [1.29, 1.82) is 0 Å². The van der Waals surface area contributed by atoms with Gasteiger partial charge in [-0.2, -0.15) is 0 Å². The average molecular weight is 405 g/mol. The lowest BCUT2D eigenvalue weighted by Crippen LogP contribution is -2.35. The van der Waals surface area contributed by atoms with E-state index in [0.717, 1.165) is 24.2 Å². The Hall–Kier alpha value is -1.47. The van der Waals surface area contributed by atoms with E-state index in [2.05, 4.69) is 68.4 Å². The molecule has 2 aliphatic rings. The number of hydrogen-bond acceptors (Lipinski definition) is 1. The summed E-state index contributed by atoms with van der Waals surface area (Å²) >= 11 is 5.99. The molecule has 0 aromatic heterocycles. The van der Waals surface area contributed by atoms with E-state index in [0.29, 0.717) is 11.8 Å². The number of fused-ring (bicyclic) bond motifs is 1. The Morgan fingerprint density at radius 2 is 1.66 bits per heavy atom. The molecule has 0 saturated heterocycles. The van der Waals surface area contributed by atoms with Crippen molar-refractivity contribution in [3.8, 4) is 0 Å². The van der Waals surface area contributed by atoms with Crippen LogP contribution in [0.15, 0.2) is 54.6 Å². The zero-order valence-corrected chi connectivity index (χ0v) is 19.0. The molecule has 29 heavy (non-hydrogen) atoms. The lowest BCUT2D eigenvalue weighted by molar-refractivity contribution is 0.203. The van der Waals surface area contributed by atoms with Gasteiger partial charge in [-0.05, 0) is 103 Å². The summed E-state index contributed by atoms with van der Waals surface area (Å²) in [4.78, 5) is 1.37. The molecule has 0 bridgehead atoms. The van der Waals surface area contributed by atoms with Crippen LogP contribution in [0.5, 0.6) is 0 Å². The van der Waals surface area contributed by atoms with Crippen molar-refractivity contribution < 1.29 is 0 Å². The average Bonchev–Trinajstić information content (AvgIpc) is 2.74. The fraction of sp³-hybridized carbons (Fsp3) is 0.536. The highest BCUT2D eigenvalue weighted by atomic mass is 32.1. The van der Waals surface area contributed by atoms with Gasteiger partial charge in [0.15, 0.2) is 0 Å². The van der Waals surface area contributed by atoms with Gasteiger partial charge >= 0.3 is 0 Å². The molecule has 0 nitrogen and oxygen atoms in total. The topological polar surface area (TPSA) is 0 Å². The molecule has 0 radical (unpaired) electrons. The van der Waals surface area contributed by atoms with Crippen molar-refractivity contribution in [3.63, 3.8) is 0 Å². The number of hydrogen-bond donors (Lipinski definition) is 0. The maximum atomic E-state index is 5.99. The Kier molecular flexibility index (Phi) is 6.85. The van der Waals surface area contributed by atoms with Crippen molar-refractivity contribution in [2.75, 3.05) is 0 Å². The first kappa shape index (κ1) is 20.8. The van der Waals surface area contributed by atoms with Crippen molar-refractivity contribution >= 4 is 17.1 Å². The minimum absolute atomic E-state index is 0.641. The van der Waals surface area contributed by atoms with Crippen molar-refractivity contribution in [2.45, 2.75) is 71.1 Å². The SMILES string of the molecule is CC(C)C1CC(=S)C(CCC2CCCc3ccccc32)CC1Cc1ccccc1. The van der Waals surface area contributed by atoms with Crippen LogP contribution in [-0.4, -0.2) is 4.86 Å². The molecule has 1 saturated carbocycles. The van der Waals surface area contributed by atoms with Gasteiger partial charge in [0.05, 0.1) is 0 Å². The normalized spacial score (nSPS) is 27.1. The molecule has 2 aromatic carbocycles. The zero-order chi connectivity index (χ0) is 20.2. The molecule has 4 unspecified atom stereocenters. The third-order valence-corrected chi connectivity index (χ3v) is 8.14. The number of rotatable bonds is 6. The van der Waals surface area contributed by atoms with E-state index in [1.165, 1.54) is 55.4 Å². The first-order valence-corrected chi connectivity index (χ1v) is 12.2. The summed E-state index contributed by atoms with van der Waals surface area (Å²) in [5, 5.41) is 0. The maximum Gasteiger partial charge on any atom is -0.00375 e. The molecule has 0 amide bonds. The maximum absolute atomic E-state index is 5.99. The van der Waals surface area contributed by atoms with Crippen molar-refractivity contribution in [3.05, 3.63) is 71.3 Å². The van der Waals surface area contributed by atoms with Gasteiger partial charge in [0, 0.05) is 0 Å². The molecule has 2 aliphatic carbocycles. The molecule has 0 N–H and O–H groups in total. The fourth-order valence-corrected chi connectivity index (χ4v) is 6.41. The van der Waals surface area contributed by atoms with E-state index in [1.54, 1.807) is 11.1 Å². The summed E-state index contributed by atoms with van der Waals surface area (Å²) in [6.45, 7) is 4.79. The van der Waals surface area contributed by atoms with Crippen LogP contribution < -0.4 is 0 Å². The van der Waals surface area contributed by atoms with Gasteiger partial charge in [0.25, 0.3) is 0 Å². The van der Waals surface area contributed by atoms with Gasteiger partial charge in [0.1, 0.15) is 0 Å². The second-order valence-corrected chi connectivity index (χ2v) is 10.4. The van der Waals surface area contributed by atoms with Crippen molar-refractivity contribution in [2.24, 2.45) is 23.7 Å². The molecule has 2 aromatic rings. The van der Waals surface area contributed by atoms with Crippen LogP contribution in [0.25, 0.3) is 0 Å². The minimum Gasteiger partial charge on any atom is -0.0894 e. The van der Waals surface area contributed by atoms with E-state index in [9.17, 15) is 0 Å². The fourth-order valence-electron chi connectivity index (χ4n) is 6.00. The summed E-state index contributed by atoms with van der Waals surface area (Å²) < 4.78 is 0. The molecule has 154 valence electrons. The van der Waals surface area contributed by atoms with Gasteiger partial charge in [0.2, 0.25) is 0 Å². The van der Waals surface area contributed by atoms with E-state index in [1.807, 2.05) is 0 Å². The highest BCUT2D eigenvalue weighted by molar-refractivity contribution is 7.80. The summed E-state index contributed by atoms with van der Waals surface area (Å²) in [7, 11) is 0. The van der Waals surface area contributed by atoms with Crippen LogP contribution in [0.3, 0.4) is 0 Å². The molecule has 0 spiro atoms. The van der Waals surface area contributed by atoms with Gasteiger partial charge in [-0.15, -0.1) is 0 Å². The second kappa shape index (κ2) is 9.56. The van der Waals surface area contributed by atoms with Crippen molar-refractivity contribution in [1.82, 2.24) is 0 Å². The molecule has 1 fully saturated rings. The summed E-state index contributed by atoms with van der Waals surface area (Å²) in [5.41, 5.74) is 4.72. The standard InChI is InChI=1S/C28H36S/c1-20(2)27-19-28(29)24(18-25(27)17-21-9-4-3-5-10-21)16-15-23-13-8-12-22-11-6-7-14-26(22)23/h3-7,9-11,14,20,23-25,27H,8,12-13,15-19H2,1-2H3. The molecule has 4 rings (SSSR count). The smallest absolute Gasteiger partial charge is 0.00375 e. The van der Waals surface area contributed by atoms with Crippen LogP contribution in [0.2, 0.25) is 0 Å². The molecule has 0 heterocycles. The third kappa shape index (κ3) is 5.00. The summed E-state index contributed by atoms with van der Waals surface area (Å²) in [6.07, 6.45) is 10.3. The Morgan fingerprint density at radius 1 is 0.931 bits per heavy atom. The van der Waals surface area contributed by atoms with E-state index in [4.69, 9.17) is 12.2 Å². The van der Waals surface area contributed by atoms with Gasteiger partial charge in [-0.1, -0.05) is 80.7 Å². The van der Waals surface area contributed by atoms with Gasteiger partial charge in [-0.25, -0.2) is 0 Å². The predicted molar refractivity (Wildman–Crippen MR) is 129 cm³/mol. The molecular weight excluding hydrogens is 368 g/mol. The highest BCUT2D eigenvalue weighted by Gasteiger charge is 2.35. The number of benzene rings is 2. The zero-order valence-electron chi connectivity index (χ0n) is 18.1.